The first kappa shape index (κ1) is 18.5. The molecule has 3 amide bonds. The minimum atomic E-state index is -0.351. The summed E-state index contributed by atoms with van der Waals surface area (Å²) in [5.74, 6) is -0.290. The number of nitrogens with one attached hydrogen (secondary N) is 3. The zero-order valence-electron chi connectivity index (χ0n) is 14.5. The first-order chi connectivity index (χ1) is 13.0. The summed E-state index contributed by atoms with van der Waals surface area (Å²) in [5.41, 5.74) is 2.48. The average Bonchev–Trinajstić information content (AvgIpc) is 3.17. The molecule has 0 saturated heterocycles. The van der Waals surface area contributed by atoms with E-state index in [1.165, 1.54) is 12.5 Å². The van der Waals surface area contributed by atoms with Gasteiger partial charge >= 0.3 is 6.03 Å². The van der Waals surface area contributed by atoms with Crippen LogP contribution >= 0.6 is 11.6 Å². The van der Waals surface area contributed by atoms with Crippen LogP contribution in [0.15, 0.2) is 71.5 Å². The van der Waals surface area contributed by atoms with E-state index in [0.29, 0.717) is 22.0 Å². The van der Waals surface area contributed by atoms with Crippen LogP contribution in [0.1, 0.15) is 28.9 Å². The van der Waals surface area contributed by atoms with Gasteiger partial charge in [-0.05, 0) is 48.9 Å². The Hall–Kier alpha value is -3.25. The van der Waals surface area contributed by atoms with Gasteiger partial charge in [-0.25, -0.2) is 4.79 Å². The third kappa shape index (κ3) is 5.12. The van der Waals surface area contributed by atoms with Crippen molar-refractivity contribution >= 4 is 34.9 Å². The van der Waals surface area contributed by atoms with Crippen LogP contribution < -0.4 is 16.0 Å². The van der Waals surface area contributed by atoms with Gasteiger partial charge in [0, 0.05) is 16.4 Å². The van der Waals surface area contributed by atoms with E-state index in [-0.39, 0.29) is 18.0 Å². The first-order valence-corrected chi connectivity index (χ1v) is 8.65. The van der Waals surface area contributed by atoms with E-state index in [9.17, 15) is 9.59 Å². The smallest absolute Gasteiger partial charge is 0.319 e. The van der Waals surface area contributed by atoms with Gasteiger partial charge in [0.25, 0.3) is 5.91 Å². The molecule has 0 bridgehead atoms. The molecule has 0 aliphatic carbocycles. The lowest BCUT2D eigenvalue weighted by atomic mass is 10.1. The number of carbonyl (C=O) groups excluding carboxylic acids is 2. The number of furan rings is 1. The molecule has 3 aromatic rings. The highest BCUT2D eigenvalue weighted by atomic mass is 35.5. The molecule has 2 aromatic carbocycles. The molecule has 0 saturated carbocycles. The summed E-state index contributed by atoms with van der Waals surface area (Å²) in [7, 11) is 0. The Balaban J connectivity index is 1.59. The Bertz CT molecular complexity index is 924. The third-order valence-corrected chi connectivity index (χ3v) is 4.13. The Kier molecular flexibility index (Phi) is 5.78. The van der Waals surface area contributed by atoms with Crippen molar-refractivity contribution in [1.82, 2.24) is 5.32 Å². The lowest BCUT2D eigenvalue weighted by molar-refractivity contribution is 0.102. The summed E-state index contributed by atoms with van der Waals surface area (Å²) in [6, 6.07) is 15.2. The van der Waals surface area contributed by atoms with Gasteiger partial charge in [0.2, 0.25) is 0 Å². The highest BCUT2D eigenvalue weighted by molar-refractivity contribution is 6.30. The van der Waals surface area contributed by atoms with Crippen LogP contribution in [0.2, 0.25) is 5.02 Å². The fourth-order valence-electron chi connectivity index (χ4n) is 2.47. The Labute approximate surface area is 161 Å². The molecule has 1 unspecified atom stereocenters. The van der Waals surface area contributed by atoms with E-state index in [2.05, 4.69) is 16.0 Å². The van der Waals surface area contributed by atoms with Crippen LogP contribution in [0.25, 0.3) is 0 Å². The number of hydrogen-bond donors (Lipinski definition) is 3. The van der Waals surface area contributed by atoms with E-state index < -0.39 is 0 Å². The van der Waals surface area contributed by atoms with Crippen LogP contribution in [0, 0.1) is 0 Å². The first-order valence-electron chi connectivity index (χ1n) is 8.28. The molecular formula is C20H18ClN3O3. The molecule has 1 atom stereocenters. The van der Waals surface area contributed by atoms with Crippen molar-refractivity contribution in [1.29, 1.82) is 0 Å². The molecule has 0 fully saturated rings. The minimum Gasteiger partial charge on any atom is -0.472 e. The van der Waals surface area contributed by atoms with E-state index in [1.54, 1.807) is 42.5 Å². The molecule has 3 N–H and O–H groups in total. The monoisotopic (exact) mass is 383 g/mol. The van der Waals surface area contributed by atoms with Crippen LogP contribution in [-0.2, 0) is 0 Å². The SMILES string of the molecule is CC(NC(=O)Nc1cccc(NC(=O)c2ccoc2)c1)c1ccc(Cl)cc1. The molecule has 0 spiro atoms. The van der Waals surface area contributed by atoms with E-state index in [4.69, 9.17) is 16.0 Å². The number of carbonyl (C=O) groups is 2. The topological polar surface area (TPSA) is 83.4 Å². The van der Waals surface area contributed by atoms with Crippen LogP contribution in [0.4, 0.5) is 16.2 Å². The fraction of sp³-hybridized carbons (Fsp3) is 0.100. The second kappa shape index (κ2) is 8.42. The largest absolute Gasteiger partial charge is 0.472 e. The Morgan fingerprint density at radius 2 is 1.70 bits per heavy atom. The van der Waals surface area contributed by atoms with Crippen molar-refractivity contribution in [2.24, 2.45) is 0 Å². The molecule has 1 heterocycles. The van der Waals surface area contributed by atoms with Gasteiger partial charge in [0.15, 0.2) is 0 Å². The molecule has 6 nitrogen and oxygen atoms in total. The maximum absolute atomic E-state index is 12.2. The number of anilines is 2. The summed E-state index contributed by atoms with van der Waals surface area (Å²) in [6.07, 6.45) is 2.79. The molecule has 3 rings (SSSR count). The molecule has 138 valence electrons. The number of halogens is 1. The summed E-state index contributed by atoms with van der Waals surface area (Å²) < 4.78 is 4.90. The standard InChI is InChI=1S/C20H18ClN3O3/c1-13(14-5-7-16(21)8-6-14)22-20(26)24-18-4-2-3-17(11-18)23-19(25)15-9-10-27-12-15/h2-13H,1H3,(H,23,25)(H2,22,24,26). The predicted molar refractivity (Wildman–Crippen MR) is 105 cm³/mol. The van der Waals surface area contributed by atoms with Gasteiger partial charge in [0.05, 0.1) is 17.9 Å². The van der Waals surface area contributed by atoms with E-state index >= 15 is 0 Å². The minimum absolute atomic E-state index is 0.189. The van der Waals surface area contributed by atoms with Gasteiger partial charge < -0.3 is 20.4 Å². The Morgan fingerprint density at radius 1 is 1.00 bits per heavy atom. The molecule has 0 radical (unpaired) electrons. The predicted octanol–water partition coefficient (Wildman–Crippen LogP) is 5.07. The highest BCUT2D eigenvalue weighted by Gasteiger charge is 2.11. The van der Waals surface area contributed by atoms with Crippen molar-refractivity contribution in [2.75, 3.05) is 10.6 Å². The second-order valence-corrected chi connectivity index (χ2v) is 6.36. The lowest BCUT2D eigenvalue weighted by Crippen LogP contribution is -2.31. The highest BCUT2D eigenvalue weighted by Crippen LogP contribution is 2.18. The molecule has 1 aromatic heterocycles. The zero-order valence-corrected chi connectivity index (χ0v) is 15.3. The van der Waals surface area contributed by atoms with E-state index in [0.717, 1.165) is 5.56 Å². The van der Waals surface area contributed by atoms with Crippen LogP contribution in [0.5, 0.6) is 0 Å². The summed E-state index contributed by atoms with van der Waals surface area (Å²) in [4.78, 5) is 24.3. The molecule has 7 heteroatoms. The number of urea groups is 1. The zero-order chi connectivity index (χ0) is 19.2. The van der Waals surface area contributed by atoms with Gasteiger partial charge in [0.1, 0.15) is 6.26 Å². The van der Waals surface area contributed by atoms with Crippen molar-refractivity contribution in [3.63, 3.8) is 0 Å². The van der Waals surface area contributed by atoms with E-state index in [1.807, 2.05) is 19.1 Å². The molecule has 0 aliphatic rings. The summed E-state index contributed by atoms with van der Waals surface area (Å²) in [5, 5.41) is 9.00. The number of hydrogen-bond acceptors (Lipinski definition) is 3. The maximum atomic E-state index is 12.2. The fourth-order valence-corrected chi connectivity index (χ4v) is 2.60. The maximum Gasteiger partial charge on any atom is 0.319 e. The number of amides is 3. The normalized spacial score (nSPS) is 11.5. The van der Waals surface area contributed by atoms with Crippen LogP contribution in [-0.4, -0.2) is 11.9 Å². The average molecular weight is 384 g/mol. The van der Waals surface area contributed by atoms with Crippen LogP contribution in [0.3, 0.4) is 0 Å². The second-order valence-electron chi connectivity index (χ2n) is 5.92. The van der Waals surface area contributed by atoms with Crippen molar-refractivity contribution in [2.45, 2.75) is 13.0 Å². The quantitative estimate of drug-likeness (QED) is 0.575. The van der Waals surface area contributed by atoms with Crippen molar-refractivity contribution < 1.29 is 14.0 Å². The molecular weight excluding hydrogens is 366 g/mol. The summed E-state index contributed by atoms with van der Waals surface area (Å²) in [6.45, 7) is 1.88. The van der Waals surface area contributed by atoms with Gasteiger partial charge in [-0.1, -0.05) is 29.8 Å². The van der Waals surface area contributed by atoms with Crippen molar-refractivity contribution in [3.8, 4) is 0 Å². The number of rotatable bonds is 5. The Morgan fingerprint density at radius 3 is 2.37 bits per heavy atom. The third-order valence-electron chi connectivity index (χ3n) is 3.88. The number of benzene rings is 2. The molecule has 0 aliphatic heterocycles. The lowest BCUT2D eigenvalue weighted by Gasteiger charge is -2.15. The van der Waals surface area contributed by atoms with Crippen molar-refractivity contribution in [3.05, 3.63) is 83.3 Å². The molecule has 27 heavy (non-hydrogen) atoms. The summed E-state index contributed by atoms with van der Waals surface area (Å²) >= 11 is 5.88. The van der Waals surface area contributed by atoms with Gasteiger partial charge in [-0.3, -0.25) is 4.79 Å². The van der Waals surface area contributed by atoms with Gasteiger partial charge in [-0.2, -0.15) is 0 Å². The van der Waals surface area contributed by atoms with Gasteiger partial charge in [-0.15, -0.1) is 0 Å².